The van der Waals surface area contributed by atoms with Crippen LogP contribution in [0, 0.1) is 40.4 Å². The van der Waals surface area contributed by atoms with Crippen LogP contribution >= 0.6 is 0 Å². The highest BCUT2D eigenvalue weighted by Gasteiger charge is 2.62. The smallest absolute Gasteiger partial charge is 0.133 e. The Kier molecular flexibility index (Phi) is 5.22. The fourth-order valence-electron chi connectivity index (χ4n) is 8.65. The number of Topliss-reactive ketones (excluding diaryl/α,β-unsaturated/α-hetero) is 1. The van der Waals surface area contributed by atoms with Crippen molar-refractivity contribution in [3.8, 4) is 0 Å². The molecule has 0 aromatic carbocycles. The van der Waals surface area contributed by atoms with Crippen LogP contribution in [-0.4, -0.2) is 12.1 Å². The molecule has 3 heteroatoms. The molecule has 0 aliphatic heterocycles. The van der Waals surface area contributed by atoms with Gasteiger partial charge >= 0.3 is 0 Å². The van der Waals surface area contributed by atoms with Crippen molar-refractivity contribution in [1.29, 1.82) is 0 Å². The molecule has 0 aromatic rings. The van der Waals surface area contributed by atoms with Crippen molar-refractivity contribution in [3.05, 3.63) is 24.2 Å². The van der Waals surface area contributed by atoms with E-state index in [0.29, 0.717) is 48.2 Å². The third-order valence-electron chi connectivity index (χ3n) is 10.2. The highest BCUT2D eigenvalue weighted by molar-refractivity contribution is 5.82. The van der Waals surface area contributed by atoms with Gasteiger partial charge in [-0.3, -0.25) is 4.79 Å². The van der Waals surface area contributed by atoms with E-state index in [1.54, 1.807) is 0 Å². The molecule has 164 valence electrons. The topological polar surface area (TPSA) is 43.4 Å². The van der Waals surface area contributed by atoms with Crippen LogP contribution in [0.15, 0.2) is 24.2 Å². The lowest BCUT2D eigenvalue weighted by Crippen LogP contribution is -2.55. The van der Waals surface area contributed by atoms with Crippen LogP contribution in [0.5, 0.6) is 0 Å². The van der Waals surface area contributed by atoms with E-state index in [4.69, 9.17) is 4.74 Å². The number of fused-ring (bicyclic) bond motifs is 5. The third kappa shape index (κ3) is 3.06. The number of allylic oxidation sites excluding steroid dienone is 3. The van der Waals surface area contributed by atoms with Crippen molar-refractivity contribution in [2.75, 3.05) is 0 Å². The molecule has 5 aliphatic rings. The zero-order valence-corrected chi connectivity index (χ0v) is 18.7. The molecular formula is C27H38O3. The van der Waals surface area contributed by atoms with E-state index >= 15 is 0 Å². The van der Waals surface area contributed by atoms with E-state index < -0.39 is 0 Å². The molecule has 5 aliphatic carbocycles. The van der Waals surface area contributed by atoms with Gasteiger partial charge in [0.15, 0.2) is 0 Å². The molecule has 0 unspecified atom stereocenters. The number of hydrogen-bond acceptors (Lipinski definition) is 3. The Hall–Kier alpha value is -1.38. The van der Waals surface area contributed by atoms with Gasteiger partial charge in [-0.15, -0.1) is 0 Å². The van der Waals surface area contributed by atoms with Crippen LogP contribution in [0.25, 0.3) is 0 Å². The fraction of sp³-hybridized carbons (Fsp3) is 0.778. The number of ether oxygens (including phenoxy) is 1. The first-order valence-electron chi connectivity index (χ1n) is 12.5. The van der Waals surface area contributed by atoms with Crippen LogP contribution in [0.4, 0.5) is 0 Å². The Morgan fingerprint density at radius 1 is 1.10 bits per heavy atom. The number of carbonyl (C=O) groups excluding carboxylic acids is 2. The van der Waals surface area contributed by atoms with Crippen LogP contribution in [-0.2, 0) is 14.3 Å². The minimum atomic E-state index is -0.226. The quantitative estimate of drug-likeness (QED) is 0.399. The van der Waals surface area contributed by atoms with Crippen molar-refractivity contribution >= 4 is 12.1 Å². The van der Waals surface area contributed by atoms with E-state index in [0.717, 1.165) is 43.6 Å². The van der Waals surface area contributed by atoms with Gasteiger partial charge in [-0.1, -0.05) is 13.5 Å². The molecule has 5 rings (SSSR count). The number of rotatable bonds is 4. The van der Waals surface area contributed by atoms with Crippen molar-refractivity contribution in [1.82, 2.24) is 0 Å². The fourth-order valence-corrected chi connectivity index (χ4v) is 8.65. The van der Waals surface area contributed by atoms with Gasteiger partial charge in [-0.25, -0.2) is 0 Å². The summed E-state index contributed by atoms with van der Waals surface area (Å²) in [5.74, 6) is 5.02. The van der Waals surface area contributed by atoms with Gasteiger partial charge < -0.3 is 9.53 Å². The summed E-state index contributed by atoms with van der Waals surface area (Å²) in [6.07, 6.45) is 17.3. The summed E-state index contributed by atoms with van der Waals surface area (Å²) in [5.41, 5.74) is 0.0194. The van der Waals surface area contributed by atoms with Crippen LogP contribution < -0.4 is 0 Å². The molecule has 0 N–H and O–H groups in total. The predicted octanol–water partition coefficient (Wildman–Crippen LogP) is 6.38. The van der Waals surface area contributed by atoms with Gasteiger partial charge in [0.25, 0.3) is 0 Å². The standard InChI is InChI=1S/C27H38O3/c1-18(30-21-6-4-3-5-7-21)23-10-11-24-22-9-8-19-16-20(29)12-15-27(19,17-28)25(22)13-14-26(23,24)2/h6,17,19,22-25H,1,3-5,7-16H2,2H3/t19-,22-,23+,24-,25-,26+,27+/m0/s1. The van der Waals surface area contributed by atoms with Gasteiger partial charge in [0, 0.05) is 30.6 Å². The molecule has 0 amide bonds. The van der Waals surface area contributed by atoms with Gasteiger partial charge in [0.05, 0.1) is 5.76 Å². The maximum atomic E-state index is 12.5. The third-order valence-corrected chi connectivity index (χ3v) is 10.2. The van der Waals surface area contributed by atoms with Crippen molar-refractivity contribution in [2.24, 2.45) is 40.4 Å². The summed E-state index contributed by atoms with van der Waals surface area (Å²) >= 11 is 0. The molecule has 4 fully saturated rings. The minimum Gasteiger partial charge on any atom is -0.467 e. The van der Waals surface area contributed by atoms with E-state index in [2.05, 4.69) is 19.6 Å². The number of aldehydes is 1. The molecule has 0 heterocycles. The average molecular weight is 411 g/mol. The lowest BCUT2D eigenvalue weighted by Gasteiger charge is -2.59. The van der Waals surface area contributed by atoms with Gasteiger partial charge in [-0.05, 0) is 99.4 Å². The lowest BCUT2D eigenvalue weighted by atomic mass is 9.44. The second-order valence-electron chi connectivity index (χ2n) is 11.3. The molecule has 0 spiro atoms. The summed E-state index contributed by atoms with van der Waals surface area (Å²) < 4.78 is 6.34. The highest BCUT2D eigenvalue weighted by atomic mass is 16.5. The number of ketones is 1. The first-order chi connectivity index (χ1) is 14.5. The van der Waals surface area contributed by atoms with E-state index in [1.165, 1.54) is 44.8 Å². The van der Waals surface area contributed by atoms with E-state index in [-0.39, 0.29) is 10.8 Å². The van der Waals surface area contributed by atoms with Crippen LogP contribution in [0.2, 0.25) is 0 Å². The Bertz CT molecular complexity index is 766. The predicted molar refractivity (Wildman–Crippen MR) is 117 cm³/mol. The van der Waals surface area contributed by atoms with E-state index in [9.17, 15) is 9.59 Å². The van der Waals surface area contributed by atoms with Gasteiger partial charge in [0.1, 0.15) is 17.8 Å². The highest BCUT2D eigenvalue weighted by Crippen LogP contribution is 2.67. The molecule has 3 nitrogen and oxygen atoms in total. The zero-order chi connectivity index (χ0) is 20.9. The van der Waals surface area contributed by atoms with Gasteiger partial charge in [-0.2, -0.15) is 0 Å². The normalized spacial score (nSPS) is 45.6. The summed E-state index contributed by atoms with van der Waals surface area (Å²) in [5, 5.41) is 0. The Morgan fingerprint density at radius 2 is 1.97 bits per heavy atom. The summed E-state index contributed by atoms with van der Waals surface area (Å²) in [6, 6.07) is 0. The molecule has 0 bridgehead atoms. The average Bonchev–Trinajstić information content (AvgIpc) is 3.11. The Morgan fingerprint density at radius 3 is 2.73 bits per heavy atom. The minimum absolute atomic E-state index is 0.226. The molecule has 30 heavy (non-hydrogen) atoms. The second kappa shape index (κ2) is 7.64. The molecular weight excluding hydrogens is 372 g/mol. The maximum absolute atomic E-state index is 12.5. The first kappa shape index (κ1) is 20.5. The molecule has 0 radical (unpaired) electrons. The summed E-state index contributed by atoms with van der Waals surface area (Å²) in [6.45, 7) is 6.90. The monoisotopic (exact) mass is 410 g/mol. The lowest BCUT2D eigenvalue weighted by molar-refractivity contribution is -0.152. The summed E-state index contributed by atoms with van der Waals surface area (Å²) in [7, 11) is 0. The van der Waals surface area contributed by atoms with Gasteiger partial charge in [0.2, 0.25) is 0 Å². The van der Waals surface area contributed by atoms with E-state index in [1.807, 2.05) is 0 Å². The van der Waals surface area contributed by atoms with Crippen LogP contribution in [0.1, 0.15) is 90.4 Å². The van der Waals surface area contributed by atoms with Crippen molar-refractivity contribution < 1.29 is 14.3 Å². The van der Waals surface area contributed by atoms with Crippen molar-refractivity contribution in [2.45, 2.75) is 90.4 Å². The number of carbonyl (C=O) groups is 2. The molecule has 0 saturated heterocycles. The SMILES string of the molecule is C=C(OC1=CCCCC1)[C@H]1CC[C@H]2[C@@H]3CC[C@H]4CC(=O)CC[C@]4(C=O)[C@H]3CC[C@]12C. The molecule has 4 saturated carbocycles. The maximum Gasteiger partial charge on any atom is 0.133 e. The molecule has 7 atom stereocenters. The summed E-state index contributed by atoms with van der Waals surface area (Å²) in [4.78, 5) is 24.6. The van der Waals surface area contributed by atoms with Crippen LogP contribution in [0.3, 0.4) is 0 Å². The Balaban J connectivity index is 1.36. The first-order valence-corrected chi connectivity index (χ1v) is 12.5. The van der Waals surface area contributed by atoms with Crippen molar-refractivity contribution in [3.63, 3.8) is 0 Å². The largest absolute Gasteiger partial charge is 0.467 e. The number of hydrogen-bond donors (Lipinski definition) is 0. The zero-order valence-electron chi connectivity index (χ0n) is 18.7. The Labute approximate surface area is 181 Å². The molecule has 0 aromatic heterocycles. The second-order valence-corrected chi connectivity index (χ2v) is 11.3.